The van der Waals surface area contributed by atoms with Gasteiger partial charge in [-0.1, -0.05) is 35.5 Å². The normalized spacial score (nSPS) is 14.7. The smallest absolute Gasteiger partial charge is 0.277 e. The van der Waals surface area contributed by atoms with Crippen LogP contribution in [-0.4, -0.2) is 65.0 Å². The van der Waals surface area contributed by atoms with Gasteiger partial charge in [0.2, 0.25) is 5.91 Å². The number of carbonyl (C=O) groups is 1. The molecule has 1 saturated heterocycles. The lowest BCUT2D eigenvalue weighted by Crippen LogP contribution is -2.44. The molecule has 0 aliphatic carbocycles. The first-order valence-electron chi connectivity index (χ1n) is 9.50. The van der Waals surface area contributed by atoms with Crippen molar-refractivity contribution in [1.29, 1.82) is 0 Å². The summed E-state index contributed by atoms with van der Waals surface area (Å²) < 4.78 is 5.58. The number of thioether (sulfide) groups is 1. The Kier molecular flexibility index (Phi) is 6.51. The first-order valence-corrected chi connectivity index (χ1v) is 10.9. The summed E-state index contributed by atoms with van der Waals surface area (Å²) in [6.07, 6.45) is 1.66. The first kappa shape index (κ1) is 20.6. The summed E-state index contributed by atoms with van der Waals surface area (Å²) in [5.74, 6) is 0.291. The van der Waals surface area contributed by atoms with Crippen molar-refractivity contribution in [3.05, 3.63) is 47.6 Å². The van der Waals surface area contributed by atoms with Gasteiger partial charge in [-0.05, 0) is 31.3 Å². The standard InChI is InChI=1S/C20H21ClN6O2S/c1-26-9-11-27(12-10-26)18-14(21)5-4-7-15(18)23-17(28)13-30-20-25-24-19(29-20)16-6-2-3-8-22-16/h2-8H,9-13H2,1H3,(H,23,28). The van der Waals surface area contributed by atoms with Gasteiger partial charge in [0, 0.05) is 32.4 Å². The Bertz CT molecular complexity index is 1010. The largest absolute Gasteiger partial charge is 0.410 e. The fourth-order valence-electron chi connectivity index (χ4n) is 3.14. The molecule has 2 aromatic heterocycles. The number of piperazine rings is 1. The quantitative estimate of drug-likeness (QED) is 0.579. The number of amides is 1. The molecular formula is C20H21ClN6O2S. The first-order chi connectivity index (χ1) is 14.6. The van der Waals surface area contributed by atoms with Crippen LogP contribution in [0.15, 0.2) is 52.2 Å². The highest BCUT2D eigenvalue weighted by molar-refractivity contribution is 7.99. The third-order valence-corrected chi connectivity index (χ3v) is 5.82. The Balaban J connectivity index is 1.39. The molecule has 1 amide bonds. The average molecular weight is 445 g/mol. The van der Waals surface area contributed by atoms with E-state index in [-0.39, 0.29) is 11.7 Å². The van der Waals surface area contributed by atoms with Gasteiger partial charge < -0.3 is 19.5 Å². The second kappa shape index (κ2) is 9.46. The lowest BCUT2D eigenvalue weighted by molar-refractivity contribution is -0.113. The van der Waals surface area contributed by atoms with Crippen molar-refractivity contribution in [2.75, 3.05) is 49.2 Å². The molecule has 156 valence electrons. The van der Waals surface area contributed by atoms with Crippen LogP contribution in [0.2, 0.25) is 5.02 Å². The molecule has 0 saturated carbocycles. The molecule has 1 fully saturated rings. The zero-order valence-corrected chi connectivity index (χ0v) is 18.0. The molecular weight excluding hydrogens is 424 g/mol. The number of halogens is 1. The Hall–Kier alpha value is -2.62. The average Bonchev–Trinajstić information content (AvgIpc) is 3.23. The maximum atomic E-state index is 12.6. The second-order valence-electron chi connectivity index (χ2n) is 6.85. The highest BCUT2D eigenvalue weighted by Crippen LogP contribution is 2.34. The number of rotatable bonds is 6. The van der Waals surface area contributed by atoms with Crippen LogP contribution in [0.5, 0.6) is 0 Å². The van der Waals surface area contributed by atoms with Crippen LogP contribution in [-0.2, 0) is 4.79 Å². The predicted molar refractivity (Wildman–Crippen MR) is 118 cm³/mol. The summed E-state index contributed by atoms with van der Waals surface area (Å²) in [5, 5.41) is 11.9. The van der Waals surface area contributed by atoms with Crippen molar-refractivity contribution in [2.24, 2.45) is 0 Å². The molecule has 4 rings (SSSR count). The third kappa shape index (κ3) is 4.92. The number of hydrogen-bond acceptors (Lipinski definition) is 8. The monoisotopic (exact) mass is 444 g/mol. The molecule has 0 unspecified atom stereocenters. The van der Waals surface area contributed by atoms with Crippen LogP contribution < -0.4 is 10.2 Å². The zero-order chi connectivity index (χ0) is 20.9. The van der Waals surface area contributed by atoms with Crippen LogP contribution in [0.25, 0.3) is 11.6 Å². The van der Waals surface area contributed by atoms with E-state index in [1.807, 2.05) is 30.3 Å². The summed E-state index contributed by atoms with van der Waals surface area (Å²) in [6.45, 7) is 3.61. The van der Waals surface area contributed by atoms with Gasteiger partial charge in [0.05, 0.1) is 22.2 Å². The maximum absolute atomic E-state index is 12.6. The Morgan fingerprint density at radius 2 is 2.00 bits per heavy atom. The van der Waals surface area contributed by atoms with E-state index >= 15 is 0 Å². The van der Waals surface area contributed by atoms with Gasteiger partial charge in [-0.3, -0.25) is 9.78 Å². The molecule has 8 nitrogen and oxygen atoms in total. The summed E-state index contributed by atoms with van der Waals surface area (Å²) in [4.78, 5) is 21.2. The van der Waals surface area contributed by atoms with Gasteiger partial charge in [-0.15, -0.1) is 10.2 Å². The molecule has 30 heavy (non-hydrogen) atoms. The van der Waals surface area contributed by atoms with Crippen LogP contribution in [0.4, 0.5) is 11.4 Å². The van der Waals surface area contributed by atoms with Gasteiger partial charge in [0.25, 0.3) is 11.1 Å². The number of hydrogen-bond donors (Lipinski definition) is 1. The molecule has 1 aromatic carbocycles. The number of anilines is 2. The Labute approximate surface area is 183 Å². The van der Waals surface area contributed by atoms with Crippen molar-refractivity contribution in [3.8, 4) is 11.6 Å². The number of nitrogens with one attached hydrogen (secondary N) is 1. The van der Waals surface area contributed by atoms with E-state index in [1.54, 1.807) is 12.3 Å². The molecule has 1 aliphatic heterocycles. The van der Waals surface area contributed by atoms with Crippen LogP contribution in [0.3, 0.4) is 0 Å². The molecule has 0 atom stereocenters. The van der Waals surface area contributed by atoms with Gasteiger partial charge in [-0.25, -0.2) is 0 Å². The lowest BCUT2D eigenvalue weighted by atomic mass is 10.2. The number of benzene rings is 1. The topological polar surface area (TPSA) is 87.4 Å². The molecule has 1 N–H and O–H groups in total. The van der Waals surface area contributed by atoms with E-state index in [9.17, 15) is 4.79 Å². The van der Waals surface area contributed by atoms with Crippen LogP contribution >= 0.6 is 23.4 Å². The van der Waals surface area contributed by atoms with Crippen molar-refractivity contribution >= 4 is 40.6 Å². The Morgan fingerprint density at radius 3 is 2.77 bits per heavy atom. The number of pyridine rings is 1. The highest BCUT2D eigenvalue weighted by atomic mass is 35.5. The van der Waals surface area contributed by atoms with Crippen molar-refractivity contribution in [3.63, 3.8) is 0 Å². The number of likely N-dealkylation sites (N-methyl/N-ethyl adjacent to an activating group) is 1. The van der Waals surface area contributed by atoms with Gasteiger partial charge in [0.1, 0.15) is 5.69 Å². The van der Waals surface area contributed by atoms with Crippen LogP contribution in [0.1, 0.15) is 0 Å². The minimum atomic E-state index is -0.171. The minimum absolute atomic E-state index is 0.137. The molecule has 3 heterocycles. The van der Waals surface area contributed by atoms with Gasteiger partial charge in [-0.2, -0.15) is 0 Å². The number of aromatic nitrogens is 3. The molecule has 10 heteroatoms. The SMILES string of the molecule is CN1CCN(c2c(Cl)cccc2NC(=O)CSc2nnc(-c3ccccn3)o2)CC1. The van der Waals surface area contributed by atoms with Gasteiger partial charge >= 0.3 is 0 Å². The van der Waals surface area contributed by atoms with E-state index in [1.165, 1.54) is 11.8 Å². The molecule has 0 radical (unpaired) electrons. The summed E-state index contributed by atoms with van der Waals surface area (Å²) in [5.41, 5.74) is 2.16. The van der Waals surface area contributed by atoms with E-state index < -0.39 is 0 Å². The molecule has 1 aliphatic rings. The zero-order valence-electron chi connectivity index (χ0n) is 16.4. The highest BCUT2D eigenvalue weighted by Gasteiger charge is 2.21. The molecule has 0 bridgehead atoms. The van der Waals surface area contributed by atoms with Gasteiger partial charge in [0.15, 0.2) is 0 Å². The van der Waals surface area contributed by atoms with Crippen LogP contribution in [0, 0.1) is 0 Å². The summed E-state index contributed by atoms with van der Waals surface area (Å²) in [6, 6.07) is 11.0. The molecule has 3 aromatic rings. The van der Waals surface area contributed by atoms with Crippen molar-refractivity contribution < 1.29 is 9.21 Å². The predicted octanol–water partition coefficient (Wildman–Crippen LogP) is 3.27. The summed E-state index contributed by atoms with van der Waals surface area (Å²) >= 11 is 7.64. The summed E-state index contributed by atoms with van der Waals surface area (Å²) in [7, 11) is 2.10. The number of para-hydroxylation sites is 1. The van der Waals surface area contributed by atoms with E-state index in [4.69, 9.17) is 16.0 Å². The Morgan fingerprint density at radius 1 is 1.17 bits per heavy atom. The van der Waals surface area contributed by atoms with E-state index in [0.29, 0.717) is 27.5 Å². The second-order valence-corrected chi connectivity index (χ2v) is 8.19. The fourth-order valence-corrected chi connectivity index (χ4v) is 4.00. The number of carbonyl (C=O) groups excluding carboxylic acids is 1. The van der Waals surface area contributed by atoms with Crippen molar-refractivity contribution in [2.45, 2.75) is 5.22 Å². The van der Waals surface area contributed by atoms with E-state index in [2.05, 4.69) is 37.3 Å². The fraction of sp³-hybridized carbons (Fsp3) is 0.300. The maximum Gasteiger partial charge on any atom is 0.277 e. The molecule has 0 spiro atoms. The number of nitrogens with zero attached hydrogens (tertiary/aromatic N) is 5. The third-order valence-electron chi connectivity index (χ3n) is 4.70. The van der Waals surface area contributed by atoms with E-state index in [0.717, 1.165) is 31.9 Å². The minimum Gasteiger partial charge on any atom is -0.410 e. The lowest BCUT2D eigenvalue weighted by Gasteiger charge is -2.35. The van der Waals surface area contributed by atoms with Crippen molar-refractivity contribution in [1.82, 2.24) is 20.1 Å².